The molecule has 2 fully saturated rings. The summed E-state index contributed by atoms with van der Waals surface area (Å²) < 4.78 is 11.2. The van der Waals surface area contributed by atoms with E-state index < -0.39 is 0 Å². The quantitative estimate of drug-likeness (QED) is 0.847. The molecule has 20 heavy (non-hydrogen) atoms. The van der Waals surface area contributed by atoms with Crippen LogP contribution in [0.15, 0.2) is 22.6 Å². The van der Waals surface area contributed by atoms with Crippen LogP contribution in [0.5, 0.6) is 0 Å². The summed E-state index contributed by atoms with van der Waals surface area (Å²) in [5.74, 6) is 0. The van der Waals surface area contributed by atoms with Crippen molar-refractivity contribution in [3.05, 3.63) is 23.2 Å². The summed E-state index contributed by atoms with van der Waals surface area (Å²) >= 11 is 5.97. The molecule has 3 heterocycles. The smallest absolute Gasteiger partial charge is 0.298 e. The molecule has 0 bridgehead atoms. The van der Waals surface area contributed by atoms with Crippen molar-refractivity contribution in [1.82, 2.24) is 9.88 Å². The van der Waals surface area contributed by atoms with Crippen LogP contribution >= 0.6 is 11.6 Å². The molecule has 5 nitrogen and oxygen atoms in total. The topological polar surface area (TPSA) is 41.7 Å². The number of morpholine rings is 1. The second-order valence-corrected chi connectivity index (χ2v) is 5.75. The van der Waals surface area contributed by atoms with Gasteiger partial charge in [-0.1, -0.05) is 11.6 Å². The number of rotatable bonds is 2. The van der Waals surface area contributed by atoms with Gasteiger partial charge in [0, 0.05) is 37.2 Å². The molecule has 4 rings (SSSR count). The van der Waals surface area contributed by atoms with Gasteiger partial charge < -0.3 is 14.1 Å². The van der Waals surface area contributed by atoms with E-state index in [0.29, 0.717) is 17.1 Å². The van der Waals surface area contributed by atoms with Gasteiger partial charge in [-0.15, -0.1) is 0 Å². The summed E-state index contributed by atoms with van der Waals surface area (Å²) in [4.78, 5) is 9.17. The standard InChI is InChI=1S/C14H16ClN3O2/c15-10-1-2-13-12(7-10)16-14(20-13)18-8-11(9-18)17-3-5-19-6-4-17/h1-2,7,11H,3-6,8-9H2. The fourth-order valence-electron chi connectivity index (χ4n) is 2.81. The van der Waals surface area contributed by atoms with Crippen LogP contribution in [0.4, 0.5) is 6.01 Å². The third kappa shape index (κ3) is 2.16. The predicted octanol–water partition coefficient (Wildman–Crippen LogP) is 2.00. The Morgan fingerprint density at radius 3 is 2.80 bits per heavy atom. The van der Waals surface area contributed by atoms with Crippen LogP contribution in [0.3, 0.4) is 0 Å². The highest BCUT2D eigenvalue weighted by atomic mass is 35.5. The van der Waals surface area contributed by atoms with Gasteiger partial charge in [-0.2, -0.15) is 4.98 Å². The molecule has 0 N–H and O–H groups in total. The number of oxazole rings is 1. The predicted molar refractivity (Wildman–Crippen MR) is 77.4 cm³/mol. The number of hydrogen-bond donors (Lipinski definition) is 0. The molecule has 2 aliphatic heterocycles. The van der Waals surface area contributed by atoms with E-state index in [1.165, 1.54) is 0 Å². The van der Waals surface area contributed by atoms with Gasteiger partial charge in [0.05, 0.1) is 13.2 Å². The maximum absolute atomic E-state index is 5.97. The highest BCUT2D eigenvalue weighted by molar-refractivity contribution is 6.31. The van der Waals surface area contributed by atoms with Gasteiger partial charge in [0.1, 0.15) is 5.52 Å². The highest BCUT2D eigenvalue weighted by Gasteiger charge is 2.34. The van der Waals surface area contributed by atoms with Crippen LogP contribution in [0.1, 0.15) is 0 Å². The minimum absolute atomic E-state index is 0.595. The SMILES string of the molecule is Clc1ccc2oc(N3CC(N4CCOCC4)C3)nc2c1. The molecule has 0 unspecified atom stereocenters. The fourth-order valence-corrected chi connectivity index (χ4v) is 2.98. The lowest BCUT2D eigenvalue weighted by molar-refractivity contribution is 0.00988. The number of hydrogen-bond acceptors (Lipinski definition) is 5. The highest BCUT2D eigenvalue weighted by Crippen LogP contribution is 2.28. The summed E-state index contributed by atoms with van der Waals surface area (Å²) in [6.45, 7) is 5.69. The van der Waals surface area contributed by atoms with Crippen molar-refractivity contribution >= 4 is 28.7 Å². The average molecular weight is 294 g/mol. The van der Waals surface area contributed by atoms with Crippen LogP contribution in [-0.4, -0.2) is 55.3 Å². The average Bonchev–Trinajstić information content (AvgIpc) is 2.80. The van der Waals surface area contributed by atoms with Crippen LogP contribution in [0, 0.1) is 0 Å². The van der Waals surface area contributed by atoms with Crippen molar-refractivity contribution in [3.8, 4) is 0 Å². The van der Waals surface area contributed by atoms with Crippen LogP contribution in [-0.2, 0) is 4.74 Å². The van der Waals surface area contributed by atoms with Gasteiger partial charge in [-0.25, -0.2) is 0 Å². The number of fused-ring (bicyclic) bond motifs is 1. The number of halogens is 1. The number of nitrogens with zero attached hydrogens (tertiary/aromatic N) is 3. The fraction of sp³-hybridized carbons (Fsp3) is 0.500. The lowest BCUT2D eigenvalue weighted by Gasteiger charge is -2.45. The minimum atomic E-state index is 0.595. The molecule has 6 heteroatoms. The lowest BCUT2D eigenvalue weighted by Crippen LogP contribution is -2.61. The van der Waals surface area contributed by atoms with E-state index in [1.54, 1.807) is 0 Å². The molecule has 106 valence electrons. The molecular weight excluding hydrogens is 278 g/mol. The van der Waals surface area contributed by atoms with Crippen LogP contribution in [0.25, 0.3) is 11.1 Å². The third-order valence-corrected chi connectivity index (χ3v) is 4.27. The molecule has 0 spiro atoms. The van der Waals surface area contributed by atoms with E-state index >= 15 is 0 Å². The van der Waals surface area contributed by atoms with Gasteiger partial charge in [0.2, 0.25) is 0 Å². The minimum Gasteiger partial charge on any atom is -0.423 e. The van der Waals surface area contributed by atoms with Crippen molar-refractivity contribution in [3.63, 3.8) is 0 Å². The largest absolute Gasteiger partial charge is 0.423 e. The summed E-state index contributed by atoms with van der Waals surface area (Å²) in [6.07, 6.45) is 0. The number of anilines is 1. The molecule has 2 aliphatic rings. The van der Waals surface area contributed by atoms with E-state index in [-0.39, 0.29) is 0 Å². The molecule has 1 aromatic heterocycles. The summed E-state index contributed by atoms with van der Waals surface area (Å²) in [6, 6.07) is 6.83. The summed E-state index contributed by atoms with van der Waals surface area (Å²) in [7, 11) is 0. The van der Waals surface area contributed by atoms with Gasteiger partial charge >= 0.3 is 0 Å². The Kier molecular flexibility index (Phi) is 3.06. The van der Waals surface area contributed by atoms with Gasteiger partial charge in [-0.05, 0) is 18.2 Å². The lowest BCUT2D eigenvalue weighted by atomic mass is 10.1. The zero-order valence-electron chi connectivity index (χ0n) is 11.1. The van der Waals surface area contributed by atoms with Gasteiger partial charge in [0.25, 0.3) is 6.01 Å². The van der Waals surface area contributed by atoms with Crippen LogP contribution < -0.4 is 4.90 Å². The first-order chi connectivity index (χ1) is 9.79. The van der Waals surface area contributed by atoms with Crippen molar-refractivity contribution in [2.45, 2.75) is 6.04 Å². The van der Waals surface area contributed by atoms with Crippen molar-refractivity contribution < 1.29 is 9.15 Å². The Bertz CT molecular complexity index is 618. The Labute approximate surface area is 122 Å². The first kappa shape index (κ1) is 12.4. The van der Waals surface area contributed by atoms with Crippen molar-refractivity contribution in [1.29, 1.82) is 0 Å². The third-order valence-electron chi connectivity index (χ3n) is 4.03. The number of benzene rings is 1. The number of aromatic nitrogens is 1. The Morgan fingerprint density at radius 1 is 1.20 bits per heavy atom. The van der Waals surface area contributed by atoms with E-state index in [0.717, 1.165) is 50.5 Å². The molecule has 0 radical (unpaired) electrons. The second-order valence-electron chi connectivity index (χ2n) is 5.32. The summed E-state index contributed by atoms with van der Waals surface area (Å²) in [5, 5.41) is 0.687. The second kappa shape index (κ2) is 4.91. The molecular formula is C14H16ClN3O2. The van der Waals surface area contributed by atoms with Gasteiger partial charge in [-0.3, -0.25) is 4.90 Å². The van der Waals surface area contributed by atoms with E-state index in [4.69, 9.17) is 20.8 Å². The first-order valence-corrected chi connectivity index (χ1v) is 7.30. The molecule has 0 atom stereocenters. The Balaban J connectivity index is 1.46. The number of ether oxygens (including phenoxy) is 1. The summed E-state index contributed by atoms with van der Waals surface area (Å²) in [5.41, 5.74) is 1.61. The molecule has 2 saturated heterocycles. The van der Waals surface area contributed by atoms with E-state index in [1.807, 2.05) is 18.2 Å². The van der Waals surface area contributed by atoms with E-state index in [2.05, 4.69) is 14.8 Å². The molecule has 1 aromatic carbocycles. The Hall–Kier alpha value is -1.30. The maximum Gasteiger partial charge on any atom is 0.298 e. The van der Waals surface area contributed by atoms with E-state index in [9.17, 15) is 0 Å². The monoisotopic (exact) mass is 293 g/mol. The van der Waals surface area contributed by atoms with Crippen molar-refractivity contribution in [2.75, 3.05) is 44.3 Å². The zero-order valence-corrected chi connectivity index (χ0v) is 11.8. The molecule has 2 aromatic rings. The Morgan fingerprint density at radius 2 is 2.00 bits per heavy atom. The normalized spacial score (nSPS) is 21.4. The molecule has 0 amide bonds. The van der Waals surface area contributed by atoms with Crippen molar-refractivity contribution in [2.24, 2.45) is 0 Å². The van der Waals surface area contributed by atoms with Crippen LogP contribution in [0.2, 0.25) is 5.02 Å². The van der Waals surface area contributed by atoms with Gasteiger partial charge in [0.15, 0.2) is 5.58 Å². The molecule has 0 saturated carbocycles. The first-order valence-electron chi connectivity index (χ1n) is 6.92. The molecule has 0 aliphatic carbocycles. The maximum atomic E-state index is 5.97. The zero-order chi connectivity index (χ0) is 13.5.